The van der Waals surface area contributed by atoms with E-state index in [9.17, 15) is 14.4 Å². The molecule has 4 aliphatic carbocycles. The lowest BCUT2D eigenvalue weighted by molar-refractivity contribution is -0.148. The van der Waals surface area contributed by atoms with E-state index in [0.29, 0.717) is 36.6 Å². The van der Waals surface area contributed by atoms with Crippen LogP contribution in [0.3, 0.4) is 0 Å². The van der Waals surface area contributed by atoms with Gasteiger partial charge in [-0.25, -0.2) is 0 Å². The predicted octanol–water partition coefficient (Wildman–Crippen LogP) is 4.51. The first-order valence-electron chi connectivity index (χ1n) is 11.1. The molecule has 154 valence electrons. The van der Waals surface area contributed by atoms with Gasteiger partial charge in [0.2, 0.25) is 0 Å². The molecule has 7 atom stereocenters. The highest BCUT2D eigenvalue weighted by atomic mass is 16.5. The van der Waals surface area contributed by atoms with Crippen molar-refractivity contribution in [3.63, 3.8) is 0 Å². The van der Waals surface area contributed by atoms with Crippen LogP contribution in [0.5, 0.6) is 0 Å². The molecule has 0 aromatic rings. The van der Waals surface area contributed by atoms with Crippen molar-refractivity contribution >= 4 is 17.5 Å². The summed E-state index contributed by atoms with van der Waals surface area (Å²) in [6.07, 6.45) is 8.89. The molecule has 0 bridgehead atoms. The molecule has 3 saturated carbocycles. The Hall–Kier alpha value is -1.45. The van der Waals surface area contributed by atoms with E-state index < -0.39 is 0 Å². The van der Waals surface area contributed by atoms with Gasteiger partial charge in [-0.3, -0.25) is 14.4 Å². The van der Waals surface area contributed by atoms with Gasteiger partial charge in [-0.05, 0) is 80.1 Å². The molecule has 0 saturated heterocycles. The summed E-state index contributed by atoms with van der Waals surface area (Å²) in [5, 5.41) is 0. The molecular weight excluding hydrogens is 352 g/mol. The van der Waals surface area contributed by atoms with Gasteiger partial charge in [0.1, 0.15) is 5.78 Å². The first kappa shape index (κ1) is 19.8. The van der Waals surface area contributed by atoms with Gasteiger partial charge in [0.05, 0.1) is 6.61 Å². The Labute approximate surface area is 168 Å². The van der Waals surface area contributed by atoms with Crippen LogP contribution < -0.4 is 0 Å². The lowest BCUT2D eigenvalue weighted by atomic mass is 9.44. The van der Waals surface area contributed by atoms with Gasteiger partial charge in [-0.2, -0.15) is 0 Å². The summed E-state index contributed by atoms with van der Waals surface area (Å²) in [6.45, 7) is 8.25. The number of carbonyl (C=O) groups excluding carboxylic acids is 3. The molecule has 4 rings (SSSR count). The third-order valence-corrected chi connectivity index (χ3v) is 9.26. The van der Waals surface area contributed by atoms with Crippen molar-refractivity contribution in [3.8, 4) is 0 Å². The fourth-order valence-corrected chi connectivity index (χ4v) is 7.88. The molecule has 0 aromatic carbocycles. The highest BCUT2D eigenvalue weighted by Gasteiger charge is 2.61. The third kappa shape index (κ3) is 2.81. The largest absolute Gasteiger partial charge is 0.466 e. The van der Waals surface area contributed by atoms with Crippen molar-refractivity contribution in [1.29, 1.82) is 0 Å². The van der Waals surface area contributed by atoms with E-state index in [1.54, 1.807) is 6.92 Å². The van der Waals surface area contributed by atoms with Crippen molar-refractivity contribution in [3.05, 3.63) is 11.6 Å². The molecule has 28 heavy (non-hydrogen) atoms. The number of hydrogen-bond acceptors (Lipinski definition) is 4. The molecule has 4 nitrogen and oxygen atoms in total. The lowest BCUT2D eigenvalue weighted by Crippen LogP contribution is -2.54. The van der Waals surface area contributed by atoms with Crippen molar-refractivity contribution < 1.29 is 19.1 Å². The SMILES string of the molecule is CC(=O)OC[C@H]1CC(=O)C=C2CC[C@@H]3[C@H]4CC[C@@H](C(C)=O)[C@]4(C)CC[C@H]3[C@]21C. The van der Waals surface area contributed by atoms with Gasteiger partial charge in [-0.1, -0.05) is 19.4 Å². The minimum atomic E-state index is -0.268. The Morgan fingerprint density at radius 1 is 1.11 bits per heavy atom. The Bertz CT molecular complexity index is 737. The zero-order chi connectivity index (χ0) is 20.3. The second kappa shape index (κ2) is 6.81. The van der Waals surface area contributed by atoms with Gasteiger partial charge in [0.15, 0.2) is 5.78 Å². The quantitative estimate of drug-likeness (QED) is 0.670. The number of esters is 1. The number of allylic oxidation sites excluding steroid dienone is 1. The van der Waals surface area contributed by atoms with E-state index in [1.165, 1.54) is 12.5 Å². The number of ether oxygens (including phenoxy) is 1. The molecule has 0 aromatic heterocycles. The van der Waals surface area contributed by atoms with Crippen LogP contribution in [0, 0.1) is 40.4 Å². The lowest BCUT2D eigenvalue weighted by Gasteiger charge is -2.60. The minimum absolute atomic E-state index is 0.0675. The summed E-state index contributed by atoms with van der Waals surface area (Å²) >= 11 is 0. The van der Waals surface area contributed by atoms with Crippen molar-refractivity contribution in [2.24, 2.45) is 40.4 Å². The number of hydrogen-bond donors (Lipinski definition) is 0. The first-order chi connectivity index (χ1) is 13.2. The van der Waals surface area contributed by atoms with Crippen LogP contribution in [0.2, 0.25) is 0 Å². The molecule has 4 aliphatic rings. The number of rotatable bonds is 3. The van der Waals surface area contributed by atoms with Crippen molar-refractivity contribution in [2.75, 3.05) is 6.61 Å². The molecule has 0 N–H and O–H groups in total. The maximum absolute atomic E-state index is 12.4. The molecule has 0 unspecified atom stereocenters. The van der Waals surface area contributed by atoms with E-state index in [4.69, 9.17) is 4.74 Å². The summed E-state index contributed by atoms with van der Waals surface area (Å²) in [6, 6.07) is 0. The number of fused-ring (bicyclic) bond motifs is 5. The predicted molar refractivity (Wildman–Crippen MR) is 106 cm³/mol. The van der Waals surface area contributed by atoms with Crippen molar-refractivity contribution in [2.45, 2.75) is 72.6 Å². The second-order valence-electron chi connectivity index (χ2n) is 10.3. The van der Waals surface area contributed by atoms with Crippen LogP contribution in [0.15, 0.2) is 11.6 Å². The average Bonchev–Trinajstić information content (AvgIpc) is 2.97. The zero-order valence-electron chi connectivity index (χ0n) is 17.8. The summed E-state index contributed by atoms with van der Waals surface area (Å²) in [5.74, 6) is 2.30. The van der Waals surface area contributed by atoms with E-state index in [2.05, 4.69) is 13.8 Å². The molecule has 0 aliphatic heterocycles. The van der Waals surface area contributed by atoms with Crippen LogP contribution in [0.1, 0.15) is 72.6 Å². The summed E-state index contributed by atoms with van der Waals surface area (Å²) in [5.41, 5.74) is 1.36. The minimum Gasteiger partial charge on any atom is -0.466 e. The van der Waals surface area contributed by atoms with Crippen LogP contribution in [0.4, 0.5) is 0 Å². The van der Waals surface area contributed by atoms with Crippen LogP contribution >= 0.6 is 0 Å². The number of carbonyl (C=O) groups is 3. The smallest absolute Gasteiger partial charge is 0.302 e. The monoisotopic (exact) mass is 386 g/mol. The van der Waals surface area contributed by atoms with E-state index in [1.807, 2.05) is 6.08 Å². The van der Waals surface area contributed by atoms with Crippen LogP contribution in [-0.4, -0.2) is 24.1 Å². The van der Waals surface area contributed by atoms with E-state index >= 15 is 0 Å². The van der Waals surface area contributed by atoms with Gasteiger partial charge in [0, 0.05) is 25.2 Å². The molecule has 4 heteroatoms. The maximum atomic E-state index is 12.4. The second-order valence-corrected chi connectivity index (χ2v) is 10.3. The summed E-state index contributed by atoms with van der Waals surface area (Å²) in [7, 11) is 0. The fourth-order valence-electron chi connectivity index (χ4n) is 7.88. The standard InChI is InChI=1S/C24H34O4/c1-14(25)20-7-8-21-19-6-5-16-11-18(27)12-17(13-28-15(2)26)24(16,4)22(19)9-10-23(20,21)3/h11,17,19-22H,5-10,12-13H2,1-4H3/t17-,19-,20+,21-,22-,23+,24-/m1/s1. The van der Waals surface area contributed by atoms with Crippen LogP contribution in [0.25, 0.3) is 0 Å². The van der Waals surface area contributed by atoms with E-state index in [0.717, 1.165) is 38.5 Å². The summed E-state index contributed by atoms with van der Waals surface area (Å²) in [4.78, 5) is 36.1. The Morgan fingerprint density at radius 2 is 1.86 bits per heavy atom. The Kier molecular flexibility index (Phi) is 4.83. The topological polar surface area (TPSA) is 60.4 Å². The first-order valence-corrected chi connectivity index (χ1v) is 11.1. The zero-order valence-corrected chi connectivity index (χ0v) is 17.8. The van der Waals surface area contributed by atoms with E-state index in [-0.39, 0.29) is 34.4 Å². The van der Waals surface area contributed by atoms with Gasteiger partial charge < -0.3 is 4.74 Å². The van der Waals surface area contributed by atoms with Crippen LogP contribution in [-0.2, 0) is 19.1 Å². The maximum Gasteiger partial charge on any atom is 0.302 e. The highest BCUT2D eigenvalue weighted by Crippen LogP contribution is 2.67. The fraction of sp³-hybridized carbons (Fsp3) is 0.792. The highest BCUT2D eigenvalue weighted by molar-refractivity contribution is 5.92. The molecule has 0 spiro atoms. The molecule has 0 amide bonds. The Morgan fingerprint density at radius 3 is 2.54 bits per heavy atom. The summed E-state index contributed by atoms with van der Waals surface area (Å²) < 4.78 is 5.42. The molecule has 0 heterocycles. The van der Waals surface area contributed by atoms with Crippen molar-refractivity contribution in [1.82, 2.24) is 0 Å². The normalized spacial score (nSPS) is 44.8. The molecule has 0 radical (unpaired) electrons. The number of ketones is 2. The van der Waals surface area contributed by atoms with Gasteiger partial charge in [-0.15, -0.1) is 0 Å². The molecule has 3 fully saturated rings. The van der Waals surface area contributed by atoms with Gasteiger partial charge >= 0.3 is 5.97 Å². The van der Waals surface area contributed by atoms with Gasteiger partial charge in [0.25, 0.3) is 0 Å². The molecular formula is C24H34O4. The number of Topliss-reactive ketones (excluding diaryl/α,β-unsaturated/α-hetero) is 1. The Balaban J connectivity index is 1.67. The third-order valence-electron chi connectivity index (χ3n) is 9.26. The average molecular weight is 387 g/mol.